The molecule has 0 saturated heterocycles. The molecule has 1 aromatic rings. The van der Waals surface area contributed by atoms with Crippen molar-refractivity contribution < 1.29 is 9.53 Å². The quantitative estimate of drug-likeness (QED) is 0.770. The van der Waals surface area contributed by atoms with Crippen molar-refractivity contribution in [2.24, 2.45) is 0 Å². The van der Waals surface area contributed by atoms with E-state index < -0.39 is 5.54 Å². The summed E-state index contributed by atoms with van der Waals surface area (Å²) in [6.07, 6.45) is 1.64. The zero-order valence-corrected chi connectivity index (χ0v) is 10.8. The molecule has 1 N–H and O–H groups in total. The van der Waals surface area contributed by atoms with Crippen LogP contribution in [0.15, 0.2) is 30.3 Å². The van der Waals surface area contributed by atoms with E-state index in [0.717, 1.165) is 18.4 Å². The Hall–Kier alpha value is -1.35. The van der Waals surface area contributed by atoms with E-state index >= 15 is 0 Å². The van der Waals surface area contributed by atoms with Crippen LogP contribution in [0.3, 0.4) is 0 Å². The Kier molecular flexibility index (Phi) is 5.16. The summed E-state index contributed by atoms with van der Waals surface area (Å²) in [6, 6.07) is 9.75. The number of carbonyl (C=O) groups is 1. The maximum absolute atomic E-state index is 12.2. The van der Waals surface area contributed by atoms with E-state index in [4.69, 9.17) is 4.74 Å². The van der Waals surface area contributed by atoms with Gasteiger partial charge in [-0.2, -0.15) is 0 Å². The molecule has 0 radical (unpaired) electrons. The third-order valence-corrected chi connectivity index (χ3v) is 2.94. The first-order valence-electron chi connectivity index (χ1n) is 6.13. The highest BCUT2D eigenvalue weighted by molar-refractivity contribution is 5.82. The van der Waals surface area contributed by atoms with Gasteiger partial charge in [0.25, 0.3) is 0 Å². The molecule has 0 aliphatic carbocycles. The molecule has 0 aromatic heterocycles. The molecule has 0 heterocycles. The van der Waals surface area contributed by atoms with Gasteiger partial charge in [-0.25, -0.2) is 4.79 Å². The molecule has 3 nitrogen and oxygen atoms in total. The van der Waals surface area contributed by atoms with E-state index in [0.29, 0.717) is 6.61 Å². The highest BCUT2D eigenvalue weighted by atomic mass is 16.5. The average molecular weight is 235 g/mol. The van der Waals surface area contributed by atoms with Gasteiger partial charge in [-0.1, -0.05) is 43.7 Å². The van der Waals surface area contributed by atoms with Gasteiger partial charge in [-0.15, -0.1) is 0 Å². The van der Waals surface area contributed by atoms with E-state index in [9.17, 15) is 4.79 Å². The van der Waals surface area contributed by atoms with Crippen molar-refractivity contribution >= 4 is 5.97 Å². The second-order valence-corrected chi connectivity index (χ2v) is 3.99. The number of rotatable bonds is 6. The fourth-order valence-corrected chi connectivity index (χ4v) is 2.09. The summed E-state index contributed by atoms with van der Waals surface area (Å²) in [5, 5.41) is 3.14. The number of esters is 1. The fraction of sp³-hybridized carbons (Fsp3) is 0.500. The lowest BCUT2D eigenvalue weighted by molar-refractivity contribution is -0.152. The highest BCUT2D eigenvalue weighted by Crippen LogP contribution is 2.27. The van der Waals surface area contributed by atoms with Crippen LogP contribution in [0.5, 0.6) is 0 Å². The van der Waals surface area contributed by atoms with Gasteiger partial charge in [0.1, 0.15) is 5.54 Å². The number of ether oxygens (including phenoxy) is 1. The second-order valence-electron chi connectivity index (χ2n) is 3.99. The van der Waals surface area contributed by atoms with Crippen molar-refractivity contribution in [1.29, 1.82) is 0 Å². The summed E-state index contributed by atoms with van der Waals surface area (Å²) >= 11 is 0. The molecular weight excluding hydrogens is 214 g/mol. The summed E-state index contributed by atoms with van der Waals surface area (Å²) in [6.45, 7) is 4.29. The molecule has 1 aromatic carbocycles. The Morgan fingerprint density at radius 1 is 1.29 bits per heavy atom. The van der Waals surface area contributed by atoms with Crippen molar-refractivity contribution in [1.82, 2.24) is 5.32 Å². The molecular formula is C14H21NO2. The zero-order valence-electron chi connectivity index (χ0n) is 10.8. The predicted octanol–water partition coefficient (Wildman–Crippen LogP) is 2.46. The molecule has 0 fully saturated rings. The Bertz CT molecular complexity index is 350. The largest absolute Gasteiger partial charge is 0.464 e. The SMILES string of the molecule is CCCC(NC)(C(=O)OCC)c1ccccc1. The van der Waals surface area contributed by atoms with Crippen molar-refractivity contribution in [3.8, 4) is 0 Å². The Balaban J connectivity index is 3.12. The normalized spacial score (nSPS) is 14.1. The summed E-state index contributed by atoms with van der Waals surface area (Å²) in [4.78, 5) is 12.2. The molecule has 3 heteroatoms. The summed E-state index contributed by atoms with van der Waals surface area (Å²) in [7, 11) is 1.81. The van der Waals surface area contributed by atoms with Crippen LogP contribution in [-0.4, -0.2) is 19.6 Å². The van der Waals surface area contributed by atoms with Crippen molar-refractivity contribution in [3.05, 3.63) is 35.9 Å². The van der Waals surface area contributed by atoms with Crippen molar-refractivity contribution in [2.45, 2.75) is 32.2 Å². The van der Waals surface area contributed by atoms with E-state index in [-0.39, 0.29) is 5.97 Å². The van der Waals surface area contributed by atoms with E-state index in [2.05, 4.69) is 12.2 Å². The number of hydrogen-bond acceptors (Lipinski definition) is 3. The van der Waals surface area contributed by atoms with Crippen LogP contribution >= 0.6 is 0 Å². The standard InChI is InChI=1S/C14H21NO2/c1-4-11-14(15-3,13(16)17-5-2)12-9-7-6-8-10-12/h6-10,15H,4-5,11H2,1-3H3. The summed E-state index contributed by atoms with van der Waals surface area (Å²) in [5.74, 6) is -0.199. The maximum atomic E-state index is 12.2. The number of likely N-dealkylation sites (N-methyl/N-ethyl adjacent to an activating group) is 1. The summed E-state index contributed by atoms with van der Waals surface area (Å²) < 4.78 is 5.20. The van der Waals surface area contributed by atoms with Gasteiger partial charge in [0.05, 0.1) is 6.61 Å². The van der Waals surface area contributed by atoms with Crippen LogP contribution in [0.1, 0.15) is 32.3 Å². The van der Waals surface area contributed by atoms with E-state index in [1.54, 1.807) is 7.05 Å². The van der Waals surface area contributed by atoms with Crippen LogP contribution < -0.4 is 5.32 Å². The molecule has 17 heavy (non-hydrogen) atoms. The number of hydrogen-bond donors (Lipinski definition) is 1. The van der Waals surface area contributed by atoms with E-state index in [1.807, 2.05) is 37.3 Å². The lowest BCUT2D eigenvalue weighted by Crippen LogP contribution is -2.48. The topological polar surface area (TPSA) is 38.3 Å². The van der Waals surface area contributed by atoms with Gasteiger partial charge >= 0.3 is 5.97 Å². The second kappa shape index (κ2) is 6.40. The Morgan fingerprint density at radius 3 is 2.41 bits per heavy atom. The lowest BCUT2D eigenvalue weighted by Gasteiger charge is -2.31. The van der Waals surface area contributed by atoms with Crippen LogP contribution in [-0.2, 0) is 15.1 Å². The first-order valence-corrected chi connectivity index (χ1v) is 6.13. The summed E-state index contributed by atoms with van der Waals surface area (Å²) in [5.41, 5.74) is 0.245. The molecule has 0 aliphatic rings. The van der Waals surface area contributed by atoms with Gasteiger partial charge in [0, 0.05) is 0 Å². The van der Waals surface area contributed by atoms with Gasteiger partial charge < -0.3 is 10.1 Å². The maximum Gasteiger partial charge on any atom is 0.330 e. The predicted molar refractivity (Wildman–Crippen MR) is 68.7 cm³/mol. The molecule has 0 bridgehead atoms. The van der Waals surface area contributed by atoms with Gasteiger partial charge in [-0.05, 0) is 26.0 Å². The minimum absolute atomic E-state index is 0.199. The Labute approximate surface area is 103 Å². The van der Waals surface area contributed by atoms with Crippen molar-refractivity contribution in [3.63, 3.8) is 0 Å². The third kappa shape index (κ3) is 2.86. The van der Waals surface area contributed by atoms with Crippen molar-refractivity contribution in [2.75, 3.05) is 13.7 Å². The monoisotopic (exact) mass is 235 g/mol. The molecule has 0 spiro atoms. The minimum Gasteiger partial charge on any atom is -0.464 e. The number of benzene rings is 1. The lowest BCUT2D eigenvalue weighted by atomic mass is 9.85. The third-order valence-electron chi connectivity index (χ3n) is 2.94. The van der Waals surface area contributed by atoms with Crippen LogP contribution in [0.2, 0.25) is 0 Å². The molecule has 0 amide bonds. The smallest absolute Gasteiger partial charge is 0.330 e. The van der Waals surface area contributed by atoms with Gasteiger partial charge in [0.2, 0.25) is 0 Å². The first-order chi connectivity index (χ1) is 8.21. The molecule has 0 aliphatic heterocycles. The Morgan fingerprint density at radius 2 is 1.94 bits per heavy atom. The fourth-order valence-electron chi connectivity index (χ4n) is 2.09. The van der Waals surface area contributed by atoms with Gasteiger partial charge in [-0.3, -0.25) is 0 Å². The molecule has 1 unspecified atom stereocenters. The van der Waals surface area contributed by atoms with Crippen LogP contribution in [0.4, 0.5) is 0 Å². The molecule has 1 rings (SSSR count). The van der Waals surface area contributed by atoms with Crippen LogP contribution in [0, 0.1) is 0 Å². The minimum atomic E-state index is -0.716. The molecule has 0 saturated carbocycles. The zero-order chi connectivity index (χ0) is 12.7. The number of carbonyl (C=O) groups excluding carboxylic acids is 1. The van der Waals surface area contributed by atoms with Crippen LogP contribution in [0.25, 0.3) is 0 Å². The van der Waals surface area contributed by atoms with Gasteiger partial charge in [0.15, 0.2) is 0 Å². The average Bonchev–Trinajstić information content (AvgIpc) is 2.37. The molecule has 94 valence electrons. The molecule has 1 atom stereocenters. The van der Waals surface area contributed by atoms with E-state index in [1.165, 1.54) is 0 Å². The highest BCUT2D eigenvalue weighted by Gasteiger charge is 2.39. The number of nitrogens with one attached hydrogen (secondary N) is 1. The first kappa shape index (κ1) is 13.7.